The van der Waals surface area contributed by atoms with Gasteiger partial charge >= 0.3 is 0 Å². The van der Waals surface area contributed by atoms with Gasteiger partial charge in [-0.15, -0.1) is 0 Å². The topological polar surface area (TPSA) is 8.17 Å². The predicted octanol–water partition coefficient (Wildman–Crippen LogP) is 4.29. The van der Waals surface area contributed by atoms with E-state index in [0.717, 1.165) is 18.6 Å². The molecule has 0 radical (unpaired) electrons. The number of nitrogens with zero attached hydrogens (tertiary/aromatic N) is 2. The third-order valence-electron chi connectivity index (χ3n) is 4.87. The number of rotatable bonds is 4. The molecule has 2 heterocycles. The molecule has 1 aromatic heterocycles. The minimum Gasteiger partial charge on any atom is -0.347 e. The highest BCUT2D eigenvalue weighted by atomic mass is 15.2. The molecule has 0 bridgehead atoms. The standard InChI is InChI=1S/C18H26N2/c1-15-7-5-8-16(2)20(15)13-6-12-19-14-11-17-9-3-4-10-18(17)19/h3-4,9-11,14-16H,5-8,12-13H2,1-2H3/t15-,16+. The lowest BCUT2D eigenvalue weighted by Crippen LogP contribution is -2.44. The number of likely N-dealkylation sites (tertiary alicyclic amines) is 1. The van der Waals surface area contributed by atoms with Gasteiger partial charge in [-0.25, -0.2) is 0 Å². The Morgan fingerprint density at radius 2 is 1.75 bits per heavy atom. The van der Waals surface area contributed by atoms with E-state index in [-0.39, 0.29) is 0 Å². The third kappa shape index (κ3) is 2.76. The molecular formula is C18H26N2. The van der Waals surface area contributed by atoms with Crippen molar-refractivity contribution in [2.75, 3.05) is 6.54 Å². The minimum atomic E-state index is 0.764. The van der Waals surface area contributed by atoms with Crippen LogP contribution in [0.5, 0.6) is 0 Å². The second kappa shape index (κ2) is 6.01. The lowest BCUT2D eigenvalue weighted by Gasteiger charge is -2.39. The normalized spacial score (nSPS) is 24.3. The van der Waals surface area contributed by atoms with Crippen molar-refractivity contribution in [1.82, 2.24) is 9.47 Å². The van der Waals surface area contributed by atoms with Crippen molar-refractivity contribution in [3.05, 3.63) is 36.5 Å². The lowest BCUT2D eigenvalue weighted by molar-refractivity contribution is 0.101. The van der Waals surface area contributed by atoms with E-state index in [1.165, 1.54) is 43.1 Å². The summed E-state index contributed by atoms with van der Waals surface area (Å²) in [6.45, 7) is 7.14. The van der Waals surface area contributed by atoms with Crippen LogP contribution in [0.4, 0.5) is 0 Å². The Morgan fingerprint density at radius 3 is 2.55 bits per heavy atom. The Balaban J connectivity index is 1.59. The second-order valence-corrected chi connectivity index (χ2v) is 6.29. The largest absolute Gasteiger partial charge is 0.347 e. The van der Waals surface area contributed by atoms with Gasteiger partial charge < -0.3 is 4.57 Å². The summed E-state index contributed by atoms with van der Waals surface area (Å²) in [6.07, 6.45) is 7.62. The maximum Gasteiger partial charge on any atom is 0.0480 e. The second-order valence-electron chi connectivity index (χ2n) is 6.29. The average Bonchev–Trinajstić information content (AvgIpc) is 2.86. The quantitative estimate of drug-likeness (QED) is 0.804. The van der Waals surface area contributed by atoms with Crippen molar-refractivity contribution in [2.45, 2.75) is 58.2 Å². The average molecular weight is 270 g/mol. The number of aromatic nitrogens is 1. The Morgan fingerprint density at radius 1 is 1.00 bits per heavy atom. The molecule has 1 saturated heterocycles. The molecule has 0 N–H and O–H groups in total. The van der Waals surface area contributed by atoms with Crippen molar-refractivity contribution in [2.24, 2.45) is 0 Å². The Bertz CT molecular complexity index is 547. The van der Waals surface area contributed by atoms with Crippen LogP contribution in [0.3, 0.4) is 0 Å². The highest BCUT2D eigenvalue weighted by Gasteiger charge is 2.23. The van der Waals surface area contributed by atoms with E-state index in [2.05, 4.69) is 59.8 Å². The molecule has 2 nitrogen and oxygen atoms in total. The van der Waals surface area contributed by atoms with Crippen molar-refractivity contribution in [1.29, 1.82) is 0 Å². The highest BCUT2D eigenvalue weighted by molar-refractivity contribution is 5.79. The van der Waals surface area contributed by atoms with Crippen molar-refractivity contribution >= 4 is 10.9 Å². The molecule has 1 aromatic carbocycles. The van der Waals surface area contributed by atoms with Gasteiger partial charge in [0.15, 0.2) is 0 Å². The number of hydrogen-bond acceptors (Lipinski definition) is 1. The van der Waals surface area contributed by atoms with Crippen LogP contribution < -0.4 is 0 Å². The van der Waals surface area contributed by atoms with Crippen LogP contribution in [-0.4, -0.2) is 28.1 Å². The van der Waals surface area contributed by atoms with Crippen molar-refractivity contribution in [3.63, 3.8) is 0 Å². The number of para-hydroxylation sites is 1. The van der Waals surface area contributed by atoms with E-state index >= 15 is 0 Å². The van der Waals surface area contributed by atoms with Gasteiger partial charge in [-0.1, -0.05) is 24.6 Å². The molecule has 1 aliphatic rings. The van der Waals surface area contributed by atoms with Crippen LogP contribution in [0.1, 0.15) is 39.5 Å². The fourth-order valence-corrected chi connectivity index (χ4v) is 3.67. The van der Waals surface area contributed by atoms with E-state index in [4.69, 9.17) is 0 Å². The summed E-state index contributed by atoms with van der Waals surface area (Å²) >= 11 is 0. The predicted molar refractivity (Wildman–Crippen MR) is 86.0 cm³/mol. The highest BCUT2D eigenvalue weighted by Crippen LogP contribution is 2.23. The maximum absolute atomic E-state index is 2.70. The van der Waals surface area contributed by atoms with Crippen LogP contribution in [0, 0.1) is 0 Å². The monoisotopic (exact) mass is 270 g/mol. The number of piperidine rings is 1. The van der Waals surface area contributed by atoms with Crippen LogP contribution in [0.25, 0.3) is 10.9 Å². The summed E-state index contributed by atoms with van der Waals surface area (Å²) in [5, 5.41) is 1.35. The van der Waals surface area contributed by atoms with Crippen LogP contribution in [0.15, 0.2) is 36.5 Å². The van der Waals surface area contributed by atoms with Crippen LogP contribution >= 0.6 is 0 Å². The molecule has 2 aromatic rings. The third-order valence-corrected chi connectivity index (χ3v) is 4.87. The van der Waals surface area contributed by atoms with Gasteiger partial charge in [-0.05, 0) is 50.6 Å². The minimum absolute atomic E-state index is 0.764. The van der Waals surface area contributed by atoms with Gasteiger partial charge in [0.1, 0.15) is 0 Å². The van der Waals surface area contributed by atoms with Crippen LogP contribution in [-0.2, 0) is 6.54 Å². The zero-order chi connectivity index (χ0) is 13.9. The lowest BCUT2D eigenvalue weighted by atomic mass is 9.97. The molecule has 1 fully saturated rings. The van der Waals surface area contributed by atoms with Crippen molar-refractivity contribution < 1.29 is 0 Å². The van der Waals surface area contributed by atoms with Gasteiger partial charge in [0.25, 0.3) is 0 Å². The first-order chi connectivity index (χ1) is 9.75. The molecular weight excluding hydrogens is 244 g/mol. The van der Waals surface area contributed by atoms with Crippen LogP contribution in [0.2, 0.25) is 0 Å². The van der Waals surface area contributed by atoms with E-state index in [9.17, 15) is 0 Å². The molecule has 2 atom stereocenters. The number of benzene rings is 1. The molecule has 0 spiro atoms. The fraction of sp³-hybridized carbons (Fsp3) is 0.556. The number of hydrogen-bond donors (Lipinski definition) is 0. The summed E-state index contributed by atoms with van der Waals surface area (Å²) < 4.78 is 2.40. The summed E-state index contributed by atoms with van der Waals surface area (Å²) in [5.41, 5.74) is 1.37. The number of aryl methyl sites for hydroxylation is 1. The molecule has 2 heteroatoms. The summed E-state index contributed by atoms with van der Waals surface area (Å²) in [7, 11) is 0. The first kappa shape index (κ1) is 13.7. The van der Waals surface area contributed by atoms with E-state index in [0.29, 0.717) is 0 Å². The van der Waals surface area contributed by atoms with Gasteiger partial charge in [0.2, 0.25) is 0 Å². The summed E-state index contributed by atoms with van der Waals surface area (Å²) in [4.78, 5) is 2.70. The number of fused-ring (bicyclic) bond motifs is 1. The van der Waals surface area contributed by atoms with Gasteiger partial charge in [0.05, 0.1) is 0 Å². The maximum atomic E-state index is 2.70. The molecule has 20 heavy (non-hydrogen) atoms. The molecule has 1 aliphatic heterocycles. The Labute approximate surface area is 122 Å². The van der Waals surface area contributed by atoms with E-state index in [1.807, 2.05) is 0 Å². The zero-order valence-corrected chi connectivity index (χ0v) is 12.8. The Kier molecular flexibility index (Phi) is 4.11. The Hall–Kier alpha value is -1.28. The van der Waals surface area contributed by atoms with Gasteiger partial charge in [-0.2, -0.15) is 0 Å². The smallest absolute Gasteiger partial charge is 0.0480 e. The molecule has 0 saturated carbocycles. The van der Waals surface area contributed by atoms with Gasteiger partial charge in [-0.3, -0.25) is 4.90 Å². The van der Waals surface area contributed by atoms with Gasteiger partial charge in [0, 0.05) is 36.9 Å². The summed E-state index contributed by atoms with van der Waals surface area (Å²) in [5.74, 6) is 0. The molecule has 0 amide bonds. The fourth-order valence-electron chi connectivity index (χ4n) is 3.67. The molecule has 3 rings (SSSR count). The van der Waals surface area contributed by atoms with Crippen molar-refractivity contribution in [3.8, 4) is 0 Å². The first-order valence-corrected chi connectivity index (χ1v) is 8.05. The first-order valence-electron chi connectivity index (χ1n) is 8.05. The molecule has 108 valence electrons. The SMILES string of the molecule is C[C@@H]1CCC[C@H](C)N1CCCn1ccc2ccccc21. The van der Waals surface area contributed by atoms with E-state index < -0.39 is 0 Å². The zero-order valence-electron chi connectivity index (χ0n) is 12.8. The summed E-state index contributed by atoms with van der Waals surface area (Å²) in [6, 6.07) is 12.4. The molecule has 0 unspecified atom stereocenters. The molecule has 0 aliphatic carbocycles. The van der Waals surface area contributed by atoms with E-state index in [1.54, 1.807) is 0 Å².